The van der Waals surface area contributed by atoms with Crippen LogP contribution in [0.25, 0.3) is 0 Å². The number of nitrogen functional groups attached to an aromatic ring is 1. The number of carboxylic acid groups (broad SMARTS) is 1. The minimum Gasteiger partial charge on any atom is -0.477 e. The molecule has 2 amide bonds. The minimum absolute atomic E-state index is 0.0541. The molecule has 4 rings (SSSR count). The van der Waals surface area contributed by atoms with Crippen molar-refractivity contribution in [2.45, 2.75) is 10.9 Å². The largest absolute Gasteiger partial charge is 0.477 e. The van der Waals surface area contributed by atoms with Gasteiger partial charge in [0.15, 0.2) is 17.5 Å². The van der Waals surface area contributed by atoms with Crippen molar-refractivity contribution in [3.8, 4) is 0 Å². The fourth-order valence-electron chi connectivity index (χ4n) is 3.54. The van der Waals surface area contributed by atoms with Crippen LogP contribution in [0.1, 0.15) is 5.69 Å². The summed E-state index contributed by atoms with van der Waals surface area (Å²) in [6.07, 6.45) is 1.48. The molecule has 192 valence electrons. The number of esters is 1. The van der Waals surface area contributed by atoms with E-state index in [0.29, 0.717) is 11.4 Å². The zero-order valence-electron chi connectivity index (χ0n) is 18.4. The number of primary amides is 1. The molecule has 17 heteroatoms. The molecular weight excluding hydrogens is 534 g/mol. The van der Waals surface area contributed by atoms with Gasteiger partial charge < -0.3 is 36.8 Å². The number of carbonyl (C=O) groups excluding carboxylic acids is 3. The molecule has 36 heavy (non-hydrogen) atoms. The van der Waals surface area contributed by atoms with Gasteiger partial charge in [-0.05, 0) is 11.5 Å². The molecule has 2 unspecified atom stereocenters. The quantitative estimate of drug-likeness (QED) is 0.119. The summed E-state index contributed by atoms with van der Waals surface area (Å²) in [5, 5.41) is 16.0. The van der Waals surface area contributed by atoms with Crippen LogP contribution in [0.2, 0.25) is 0 Å². The van der Waals surface area contributed by atoms with Crippen LogP contribution in [0.5, 0.6) is 0 Å². The molecule has 1 aromatic rings. The molecule has 3 atom stereocenters. The number of aliphatic carboxylic acids is 1. The van der Waals surface area contributed by atoms with E-state index in [4.69, 9.17) is 26.8 Å². The Hall–Kier alpha value is -3.28. The number of hydrogen-bond acceptors (Lipinski definition) is 14. The van der Waals surface area contributed by atoms with Crippen LogP contribution < -0.4 is 17.2 Å². The number of nitrogens with two attached hydrogens (primary N) is 3. The molecule has 3 aliphatic heterocycles. The first-order valence-corrected chi connectivity index (χ1v) is 13.2. The maximum atomic E-state index is 12.5. The molecule has 0 spiro atoms. The third kappa shape index (κ3) is 5.28. The average molecular weight is 556 g/mol. The number of fused-ring (bicyclic) bond motifs is 1. The van der Waals surface area contributed by atoms with Gasteiger partial charge in [0.2, 0.25) is 5.91 Å². The number of β-lactam (4-membered cyclic amide) rings is 1. The van der Waals surface area contributed by atoms with E-state index in [2.05, 4.69) is 10.1 Å². The van der Waals surface area contributed by atoms with E-state index in [9.17, 15) is 24.3 Å². The van der Waals surface area contributed by atoms with Gasteiger partial charge in [-0.25, -0.2) is 9.78 Å². The normalized spacial score (nSPS) is 23.4. The molecule has 4 heterocycles. The molecule has 0 radical (unpaired) electrons. The van der Waals surface area contributed by atoms with Gasteiger partial charge in [0.05, 0.1) is 11.1 Å². The number of thioether (sulfide) groups is 2. The highest BCUT2D eigenvalue weighted by molar-refractivity contribution is 8.02. The van der Waals surface area contributed by atoms with Gasteiger partial charge in [0.25, 0.3) is 5.91 Å². The van der Waals surface area contributed by atoms with Gasteiger partial charge in [-0.1, -0.05) is 16.9 Å². The number of nitrogens with zero attached hydrogens (tertiary/aromatic N) is 4. The lowest BCUT2D eigenvalue weighted by Crippen LogP contribution is -2.62. The van der Waals surface area contributed by atoms with Gasteiger partial charge in [-0.2, -0.15) is 0 Å². The number of aromatic nitrogens is 1. The Morgan fingerprint density at radius 1 is 1.33 bits per heavy atom. The second-order valence-electron chi connectivity index (χ2n) is 7.53. The first kappa shape index (κ1) is 25.8. The molecule has 1 fully saturated rings. The Morgan fingerprint density at radius 2 is 2.11 bits per heavy atom. The van der Waals surface area contributed by atoms with Crippen LogP contribution in [0, 0.1) is 5.92 Å². The molecule has 1 saturated heterocycles. The summed E-state index contributed by atoms with van der Waals surface area (Å²) in [5.74, 6) is -3.22. The van der Waals surface area contributed by atoms with Crippen LogP contribution >= 0.6 is 34.9 Å². The molecule has 7 N–H and O–H groups in total. The van der Waals surface area contributed by atoms with Crippen LogP contribution in [0.15, 0.2) is 33.4 Å². The summed E-state index contributed by atoms with van der Waals surface area (Å²) in [7, 11) is 0. The molecule has 3 aliphatic rings. The van der Waals surface area contributed by atoms with Crippen molar-refractivity contribution < 1.29 is 33.9 Å². The molecule has 0 aromatic carbocycles. The van der Waals surface area contributed by atoms with Crippen molar-refractivity contribution in [3.63, 3.8) is 0 Å². The van der Waals surface area contributed by atoms with E-state index in [1.165, 1.54) is 44.8 Å². The first-order chi connectivity index (χ1) is 17.2. The van der Waals surface area contributed by atoms with Gasteiger partial charge >= 0.3 is 11.9 Å². The Morgan fingerprint density at radius 3 is 2.78 bits per heavy atom. The number of rotatable bonds is 10. The topological polar surface area (TPSA) is 217 Å². The number of oxime groups is 1. The standard InChI is InChI=1S/C19H21N7O7S3/c20-14(28)13(10-7-35-18(21)23-10)24-33-4-8-6-36-19(22)25(8)3-12(27)32-5-9-15(29)26-11(17(30)31)1-2-34-16(9)26/h1,6-7,9,16,19H,2-5,22H2,(H2,20,28)(H2,21,23)(H,30,31)/b24-13-/t9?,16-,19?/m0/s1. The zero-order chi connectivity index (χ0) is 26.0. The second-order valence-corrected chi connectivity index (χ2v) is 10.6. The van der Waals surface area contributed by atoms with Crippen molar-refractivity contribution in [2.24, 2.45) is 22.5 Å². The lowest BCUT2D eigenvalue weighted by atomic mass is 9.97. The van der Waals surface area contributed by atoms with Crippen LogP contribution in [-0.4, -0.2) is 85.7 Å². The van der Waals surface area contributed by atoms with Gasteiger partial charge in [0, 0.05) is 11.1 Å². The molecule has 1 aromatic heterocycles. The maximum Gasteiger partial charge on any atom is 0.352 e. The van der Waals surface area contributed by atoms with E-state index in [1.807, 2.05) is 0 Å². The van der Waals surface area contributed by atoms with Crippen molar-refractivity contribution in [2.75, 3.05) is 31.2 Å². The second kappa shape index (κ2) is 10.8. The average Bonchev–Trinajstić information content (AvgIpc) is 3.41. The van der Waals surface area contributed by atoms with E-state index >= 15 is 0 Å². The summed E-state index contributed by atoms with van der Waals surface area (Å²) in [6.45, 7) is -0.516. The van der Waals surface area contributed by atoms with Gasteiger partial charge in [0.1, 0.15) is 36.0 Å². The fourth-order valence-corrected chi connectivity index (χ4v) is 6.19. The molecule has 14 nitrogen and oxygen atoms in total. The highest BCUT2D eigenvalue weighted by atomic mass is 32.2. The molecule has 0 saturated carbocycles. The van der Waals surface area contributed by atoms with Crippen LogP contribution in [0.3, 0.4) is 0 Å². The summed E-state index contributed by atoms with van der Waals surface area (Å²) in [6, 6.07) is 0. The van der Waals surface area contributed by atoms with E-state index in [1.54, 1.807) is 5.41 Å². The van der Waals surface area contributed by atoms with Crippen molar-refractivity contribution >= 4 is 69.5 Å². The van der Waals surface area contributed by atoms with Crippen LogP contribution in [0.4, 0.5) is 5.13 Å². The van der Waals surface area contributed by atoms with E-state index in [0.717, 1.165) is 11.3 Å². The maximum absolute atomic E-state index is 12.5. The number of carboxylic acids is 1. The molecular formula is C19H21N7O7S3. The van der Waals surface area contributed by atoms with E-state index in [-0.39, 0.29) is 47.4 Å². The first-order valence-electron chi connectivity index (χ1n) is 10.3. The van der Waals surface area contributed by atoms with Crippen molar-refractivity contribution in [3.05, 3.63) is 34.0 Å². The minimum atomic E-state index is -1.17. The smallest absolute Gasteiger partial charge is 0.352 e. The number of anilines is 1. The van der Waals surface area contributed by atoms with Gasteiger partial charge in [-0.3, -0.25) is 19.3 Å². The number of carbonyl (C=O) groups is 4. The Bertz CT molecular complexity index is 1180. The Balaban J connectivity index is 1.29. The highest BCUT2D eigenvalue weighted by Crippen LogP contribution is 2.41. The summed E-state index contributed by atoms with van der Waals surface area (Å²) >= 11 is 3.76. The molecule has 0 aliphatic carbocycles. The Kier molecular flexibility index (Phi) is 7.72. The highest BCUT2D eigenvalue weighted by Gasteiger charge is 2.52. The molecule has 0 bridgehead atoms. The number of ether oxygens (including phenoxy) is 1. The monoisotopic (exact) mass is 555 g/mol. The predicted octanol–water partition coefficient (Wildman–Crippen LogP) is -0.893. The SMILES string of the molecule is NC(=O)/C(=N\OCC1=CSC(N)N1CC(=O)OCC1C(=O)N2C(C(=O)O)=CCS[C@@H]12)c1csc(N)n1. The number of thiazole rings is 1. The van der Waals surface area contributed by atoms with Crippen molar-refractivity contribution in [1.82, 2.24) is 14.8 Å². The van der Waals surface area contributed by atoms with E-state index < -0.39 is 35.2 Å². The lowest BCUT2D eigenvalue weighted by molar-refractivity contribution is -0.160. The number of amides is 2. The van der Waals surface area contributed by atoms with Gasteiger partial charge in [-0.15, -0.1) is 23.1 Å². The lowest BCUT2D eigenvalue weighted by Gasteiger charge is -2.47. The predicted molar refractivity (Wildman–Crippen MR) is 132 cm³/mol. The fraction of sp³-hybridized carbons (Fsp3) is 0.368. The summed E-state index contributed by atoms with van der Waals surface area (Å²) < 4.78 is 5.31. The zero-order valence-corrected chi connectivity index (χ0v) is 20.9. The summed E-state index contributed by atoms with van der Waals surface area (Å²) in [5.41, 5.74) is 16.8. The Labute approximate surface area is 216 Å². The van der Waals surface area contributed by atoms with Crippen LogP contribution in [-0.2, 0) is 28.8 Å². The third-order valence-electron chi connectivity index (χ3n) is 5.28. The summed E-state index contributed by atoms with van der Waals surface area (Å²) in [4.78, 5) is 59.8. The third-order valence-corrected chi connectivity index (χ3v) is 8.14. The van der Waals surface area contributed by atoms with Crippen molar-refractivity contribution in [1.29, 1.82) is 0 Å². The number of hydrogen-bond donors (Lipinski definition) is 4.